The lowest BCUT2D eigenvalue weighted by molar-refractivity contribution is -0.383. The SMILES string of the molecule is Nc1ccc(Nc2ccc([N+](=O)[O-])c3ncccc23)cc1. The standard InChI is InChI=1S/C15H12N4O2/c16-10-3-5-11(6-4-10)18-13-7-8-14(19(20)21)15-12(13)2-1-9-17-15/h1-9,18H,16H2. The maximum Gasteiger partial charge on any atom is 0.295 e. The number of rotatable bonds is 3. The van der Waals surface area contributed by atoms with Gasteiger partial charge in [0.2, 0.25) is 0 Å². The largest absolute Gasteiger partial charge is 0.399 e. The number of nitro groups is 1. The van der Waals surface area contributed by atoms with Crippen molar-refractivity contribution in [3.05, 3.63) is 64.8 Å². The van der Waals surface area contributed by atoms with Crippen molar-refractivity contribution < 1.29 is 4.92 Å². The van der Waals surface area contributed by atoms with Crippen molar-refractivity contribution in [2.24, 2.45) is 0 Å². The molecule has 0 radical (unpaired) electrons. The molecule has 0 bridgehead atoms. The van der Waals surface area contributed by atoms with Crippen LogP contribution in [0.25, 0.3) is 10.9 Å². The maximum absolute atomic E-state index is 11.1. The fraction of sp³-hybridized carbons (Fsp3) is 0. The topological polar surface area (TPSA) is 94.1 Å². The molecule has 104 valence electrons. The number of hydrogen-bond donors (Lipinski definition) is 2. The van der Waals surface area contributed by atoms with Gasteiger partial charge in [-0.05, 0) is 42.5 Å². The summed E-state index contributed by atoms with van der Waals surface area (Å²) in [6, 6.07) is 13.9. The smallest absolute Gasteiger partial charge is 0.295 e. The molecule has 0 spiro atoms. The van der Waals surface area contributed by atoms with Crippen molar-refractivity contribution in [1.82, 2.24) is 4.98 Å². The number of nitro benzene ring substituents is 1. The first-order valence-corrected chi connectivity index (χ1v) is 6.30. The van der Waals surface area contributed by atoms with E-state index in [9.17, 15) is 10.1 Å². The quantitative estimate of drug-likeness (QED) is 0.435. The van der Waals surface area contributed by atoms with Crippen LogP contribution in [0, 0.1) is 10.1 Å². The summed E-state index contributed by atoms with van der Waals surface area (Å²) in [5.74, 6) is 0. The summed E-state index contributed by atoms with van der Waals surface area (Å²) < 4.78 is 0. The molecule has 0 aliphatic carbocycles. The lowest BCUT2D eigenvalue weighted by Gasteiger charge is -2.10. The number of benzene rings is 2. The van der Waals surface area contributed by atoms with E-state index in [1.165, 1.54) is 6.07 Å². The number of nitrogens with one attached hydrogen (secondary N) is 1. The summed E-state index contributed by atoms with van der Waals surface area (Å²) in [7, 11) is 0. The minimum absolute atomic E-state index is 0.00606. The van der Waals surface area contributed by atoms with Gasteiger partial charge in [0.15, 0.2) is 0 Å². The Morgan fingerprint density at radius 2 is 1.86 bits per heavy atom. The lowest BCUT2D eigenvalue weighted by Crippen LogP contribution is -1.96. The van der Waals surface area contributed by atoms with Crippen LogP contribution in [0.1, 0.15) is 0 Å². The molecule has 0 unspecified atom stereocenters. The van der Waals surface area contributed by atoms with Crippen molar-refractivity contribution in [2.75, 3.05) is 11.1 Å². The third kappa shape index (κ3) is 2.46. The van der Waals surface area contributed by atoms with Crippen LogP contribution < -0.4 is 11.1 Å². The highest BCUT2D eigenvalue weighted by Crippen LogP contribution is 2.31. The average Bonchev–Trinajstić information content (AvgIpc) is 2.49. The second-order valence-corrected chi connectivity index (χ2v) is 4.54. The molecule has 21 heavy (non-hydrogen) atoms. The van der Waals surface area contributed by atoms with Gasteiger partial charge in [0, 0.05) is 34.7 Å². The van der Waals surface area contributed by atoms with E-state index < -0.39 is 4.92 Å². The molecule has 6 heteroatoms. The first kappa shape index (κ1) is 12.9. The summed E-state index contributed by atoms with van der Waals surface area (Å²) in [6.45, 7) is 0. The molecular formula is C15H12N4O2. The molecule has 0 atom stereocenters. The Kier molecular flexibility index (Phi) is 3.12. The fourth-order valence-electron chi connectivity index (χ4n) is 2.14. The van der Waals surface area contributed by atoms with Crippen molar-refractivity contribution >= 4 is 33.7 Å². The van der Waals surface area contributed by atoms with Crippen LogP contribution >= 0.6 is 0 Å². The average molecular weight is 280 g/mol. The van der Waals surface area contributed by atoms with Gasteiger partial charge in [-0.1, -0.05) is 0 Å². The van der Waals surface area contributed by atoms with Crippen LogP contribution in [0.15, 0.2) is 54.7 Å². The number of non-ortho nitro benzene ring substituents is 1. The van der Waals surface area contributed by atoms with Crippen molar-refractivity contribution in [3.8, 4) is 0 Å². The summed E-state index contributed by atoms with van der Waals surface area (Å²) in [5.41, 5.74) is 8.29. The normalized spacial score (nSPS) is 10.5. The summed E-state index contributed by atoms with van der Waals surface area (Å²) in [6.07, 6.45) is 1.54. The molecule has 6 nitrogen and oxygen atoms in total. The molecule has 0 amide bonds. The number of hydrogen-bond acceptors (Lipinski definition) is 5. The number of nitrogen functional groups attached to an aromatic ring is 1. The predicted octanol–water partition coefficient (Wildman–Crippen LogP) is 3.47. The van der Waals surface area contributed by atoms with Gasteiger partial charge in [-0.2, -0.15) is 0 Å². The molecule has 0 aliphatic rings. The van der Waals surface area contributed by atoms with Crippen molar-refractivity contribution in [3.63, 3.8) is 0 Å². The fourth-order valence-corrected chi connectivity index (χ4v) is 2.14. The minimum Gasteiger partial charge on any atom is -0.399 e. The van der Waals surface area contributed by atoms with Gasteiger partial charge >= 0.3 is 0 Å². The number of anilines is 3. The highest BCUT2D eigenvalue weighted by atomic mass is 16.6. The van der Waals surface area contributed by atoms with E-state index in [0.29, 0.717) is 16.6 Å². The van der Waals surface area contributed by atoms with Crippen LogP contribution in [-0.4, -0.2) is 9.91 Å². The predicted molar refractivity (Wildman–Crippen MR) is 82.5 cm³/mol. The second kappa shape index (κ2) is 5.09. The third-order valence-corrected chi connectivity index (χ3v) is 3.13. The zero-order valence-electron chi connectivity index (χ0n) is 11.0. The van der Waals surface area contributed by atoms with E-state index in [0.717, 1.165) is 11.4 Å². The van der Waals surface area contributed by atoms with E-state index in [1.54, 1.807) is 36.5 Å². The van der Waals surface area contributed by atoms with E-state index in [4.69, 9.17) is 5.73 Å². The van der Waals surface area contributed by atoms with Crippen LogP contribution in [-0.2, 0) is 0 Å². The number of aromatic nitrogens is 1. The van der Waals surface area contributed by atoms with Gasteiger partial charge in [0.25, 0.3) is 5.69 Å². The Labute approximate surface area is 120 Å². The van der Waals surface area contributed by atoms with Gasteiger partial charge in [0.05, 0.1) is 4.92 Å². The van der Waals surface area contributed by atoms with Gasteiger partial charge in [0.1, 0.15) is 5.52 Å². The zero-order chi connectivity index (χ0) is 14.8. The maximum atomic E-state index is 11.1. The molecule has 3 rings (SSSR count). The highest BCUT2D eigenvalue weighted by molar-refractivity contribution is 5.98. The van der Waals surface area contributed by atoms with E-state index >= 15 is 0 Å². The van der Waals surface area contributed by atoms with Gasteiger partial charge in [-0.15, -0.1) is 0 Å². The molecule has 3 aromatic rings. The number of pyridine rings is 1. The Morgan fingerprint density at radius 1 is 1.10 bits per heavy atom. The second-order valence-electron chi connectivity index (χ2n) is 4.54. The van der Waals surface area contributed by atoms with Gasteiger partial charge in [-0.25, -0.2) is 4.98 Å². The van der Waals surface area contributed by atoms with Crippen LogP contribution in [0.2, 0.25) is 0 Å². The van der Waals surface area contributed by atoms with E-state index in [1.807, 2.05) is 12.1 Å². The lowest BCUT2D eigenvalue weighted by atomic mass is 10.1. The first-order chi connectivity index (χ1) is 10.1. The number of nitrogens with zero attached hydrogens (tertiary/aromatic N) is 2. The van der Waals surface area contributed by atoms with Gasteiger partial charge in [-0.3, -0.25) is 10.1 Å². The van der Waals surface area contributed by atoms with E-state index in [2.05, 4.69) is 10.3 Å². The van der Waals surface area contributed by atoms with E-state index in [-0.39, 0.29) is 5.69 Å². The van der Waals surface area contributed by atoms with Crippen LogP contribution in [0.4, 0.5) is 22.7 Å². The van der Waals surface area contributed by atoms with Crippen molar-refractivity contribution in [1.29, 1.82) is 0 Å². The minimum atomic E-state index is -0.428. The molecule has 3 N–H and O–H groups in total. The van der Waals surface area contributed by atoms with Crippen molar-refractivity contribution in [2.45, 2.75) is 0 Å². The Hall–Kier alpha value is -3.15. The summed E-state index contributed by atoms with van der Waals surface area (Å²) in [4.78, 5) is 14.7. The third-order valence-electron chi connectivity index (χ3n) is 3.13. The van der Waals surface area contributed by atoms with Crippen LogP contribution in [0.5, 0.6) is 0 Å². The molecule has 0 aliphatic heterocycles. The molecule has 1 heterocycles. The molecule has 0 saturated carbocycles. The molecule has 1 aromatic heterocycles. The molecule has 2 aromatic carbocycles. The molecular weight excluding hydrogens is 268 g/mol. The number of nitrogens with two attached hydrogens (primary N) is 1. The molecule has 0 saturated heterocycles. The van der Waals surface area contributed by atoms with Gasteiger partial charge < -0.3 is 11.1 Å². The first-order valence-electron chi connectivity index (χ1n) is 6.30. The zero-order valence-corrected chi connectivity index (χ0v) is 11.0. The molecule has 0 fully saturated rings. The van der Waals surface area contributed by atoms with Crippen LogP contribution in [0.3, 0.4) is 0 Å². The Balaban J connectivity index is 2.09. The Morgan fingerprint density at radius 3 is 2.57 bits per heavy atom. The number of fused-ring (bicyclic) bond motifs is 1. The summed E-state index contributed by atoms with van der Waals surface area (Å²) >= 11 is 0. The monoisotopic (exact) mass is 280 g/mol. The highest BCUT2D eigenvalue weighted by Gasteiger charge is 2.15. The summed E-state index contributed by atoms with van der Waals surface area (Å²) in [5, 5.41) is 15.0. The Bertz CT molecular complexity index is 816.